The Bertz CT molecular complexity index is 600. The van der Waals surface area contributed by atoms with Crippen molar-refractivity contribution in [3.63, 3.8) is 0 Å². The molecule has 1 nitrogen and oxygen atoms in total. The van der Waals surface area contributed by atoms with Crippen LogP contribution in [0.1, 0.15) is 18.1 Å². The lowest BCUT2D eigenvalue weighted by molar-refractivity contribution is 0.362. The summed E-state index contributed by atoms with van der Waals surface area (Å²) in [5.41, 5.74) is 1.92. The average molecular weight is 248 g/mol. The smallest absolute Gasteiger partial charge is 0.135 e. The van der Waals surface area contributed by atoms with Crippen molar-refractivity contribution in [2.75, 3.05) is 6.61 Å². The van der Waals surface area contributed by atoms with Crippen LogP contribution in [0.2, 0.25) is 0 Å². The van der Waals surface area contributed by atoms with E-state index >= 15 is 0 Å². The second-order valence-corrected chi connectivity index (χ2v) is 3.99. The molecule has 2 aromatic carbocycles. The molecule has 0 atom stereocenters. The van der Waals surface area contributed by atoms with Gasteiger partial charge in [-0.1, -0.05) is 54.3 Å². The van der Waals surface area contributed by atoms with E-state index in [9.17, 15) is 0 Å². The van der Waals surface area contributed by atoms with E-state index in [1.807, 2.05) is 73.7 Å². The molecule has 0 aromatic heterocycles. The number of benzene rings is 2. The first-order chi connectivity index (χ1) is 9.40. The number of rotatable bonds is 3. The van der Waals surface area contributed by atoms with Gasteiger partial charge >= 0.3 is 0 Å². The highest BCUT2D eigenvalue weighted by Gasteiger charge is 1.98. The molecule has 0 amide bonds. The molecule has 19 heavy (non-hydrogen) atoms. The van der Waals surface area contributed by atoms with E-state index in [0.717, 1.165) is 16.9 Å². The van der Waals surface area contributed by atoms with E-state index in [4.69, 9.17) is 4.74 Å². The van der Waals surface area contributed by atoms with Crippen molar-refractivity contribution < 1.29 is 4.74 Å². The van der Waals surface area contributed by atoms with E-state index < -0.39 is 0 Å². The summed E-state index contributed by atoms with van der Waals surface area (Å²) in [7, 11) is 0. The van der Waals surface area contributed by atoms with Crippen LogP contribution in [-0.4, -0.2) is 6.61 Å². The lowest BCUT2D eigenvalue weighted by atomic mass is 10.1. The molecule has 0 N–H and O–H groups in total. The molecule has 2 rings (SSSR count). The van der Waals surface area contributed by atoms with Gasteiger partial charge in [-0.05, 0) is 31.2 Å². The Morgan fingerprint density at radius 2 is 1.68 bits per heavy atom. The second-order valence-electron chi connectivity index (χ2n) is 3.99. The highest BCUT2D eigenvalue weighted by atomic mass is 16.5. The molecular formula is C18H16O. The summed E-state index contributed by atoms with van der Waals surface area (Å²) in [5.74, 6) is 7.12. The maximum atomic E-state index is 5.68. The van der Waals surface area contributed by atoms with E-state index in [1.54, 1.807) is 0 Å². The van der Waals surface area contributed by atoms with E-state index in [2.05, 4.69) is 11.8 Å². The third-order valence-corrected chi connectivity index (χ3v) is 2.57. The van der Waals surface area contributed by atoms with E-state index in [-0.39, 0.29) is 0 Å². The molecular weight excluding hydrogens is 232 g/mol. The molecule has 0 aliphatic heterocycles. The Kier molecular flexibility index (Phi) is 4.84. The fourth-order valence-corrected chi connectivity index (χ4v) is 1.59. The molecule has 0 saturated carbocycles. The molecule has 0 heterocycles. The van der Waals surface area contributed by atoms with Crippen molar-refractivity contribution in [1.29, 1.82) is 0 Å². The van der Waals surface area contributed by atoms with Gasteiger partial charge in [0.05, 0.1) is 5.56 Å². The molecule has 0 bridgehead atoms. The Morgan fingerprint density at radius 1 is 0.947 bits per heavy atom. The zero-order chi connectivity index (χ0) is 13.3. The summed E-state index contributed by atoms with van der Waals surface area (Å²) >= 11 is 0. The van der Waals surface area contributed by atoms with Crippen molar-refractivity contribution in [2.45, 2.75) is 6.92 Å². The predicted molar refractivity (Wildman–Crippen MR) is 79.2 cm³/mol. The fraction of sp³-hybridized carbons (Fsp3) is 0.111. The van der Waals surface area contributed by atoms with E-state index in [1.165, 1.54) is 0 Å². The summed E-state index contributed by atoms with van der Waals surface area (Å²) in [4.78, 5) is 0. The van der Waals surface area contributed by atoms with Crippen molar-refractivity contribution >= 4 is 0 Å². The molecule has 94 valence electrons. The molecule has 0 saturated heterocycles. The van der Waals surface area contributed by atoms with Gasteiger partial charge in [-0.3, -0.25) is 0 Å². The van der Waals surface area contributed by atoms with Gasteiger partial charge in [0, 0.05) is 5.56 Å². The third kappa shape index (κ3) is 4.04. The Morgan fingerprint density at radius 3 is 2.47 bits per heavy atom. The lowest BCUT2D eigenvalue weighted by Gasteiger charge is -2.05. The molecule has 0 aliphatic carbocycles. The van der Waals surface area contributed by atoms with Crippen molar-refractivity contribution in [1.82, 2.24) is 0 Å². The molecule has 0 unspecified atom stereocenters. The van der Waals surface area contributed by atoms with Crippen LogP contribution in [-0.2, 0) is 0 Å². The van der Waals surface area contributed by atoms with Gasteiger partial charge in [0.2, 0.25) is 0 Å². The van der Waals surface area contributed by atoms with Crippen LogP contribution in [0.25, 0.3) is 0 Å². The number of allylic oxidation sites excluding steroid dienone is 1. The van der Waals surface area contributed by atoms with Crippen LogP contribution in [0.15, 0.2) is 66.7 Å². The molecule has 0 fully saturated rings. The van der Waals surface area contributed by atoms with Crippen molar-refractivity contribution in [3.8, 4) is 17.6 Å². The Hall–Kier alpha value is -2.46. The standard InChI is InChI=1S/C18H16O/c1-2-3-15-19-18-12-8-7-11-17(18)14-13-16-9-5-4-6-10-16/h2-12H,15H2,1H3. The first-order valence-corrected chi connectivity index (χ1v) is 6.30. The van der Waals surface area contributed by atoms with Gasteiger partial charge in [-0.15, -0.1) is 0 Å². The zero-order valence-corrected chi connectivity index (χ0v) is 11.0. The van der Waals surface area contributed by atoms with Crippen LogP contribution in [0.4, 0.5) is 0 Å². The second kappa shape index (κ2) is 7.08. The first kappa shape index (κ1) is 13.0. The summed E-state index contributed by atoms with van der Waals surface area (Å²) in [6.45, 7) is 2.55. The van der Waals surface area contributed by atoms with Crippen molar-refractivity contribution in [3.05, 3.63) is 77.9 Å². The number of hydrogen-bond acceptors (Lipinski definition) is 1. The molecule has 0 aliphatic rings. The van der Waals surface area contributed by atoms with Crippen LogP contribution >= 0.6 is 0 Å². The number of ether oxygens (including phenoxy) is 1. The predicted octanol–water partition coefficient (Wildman–Crippen LogP) is 4.04. The average Bonchev–Trinajstić information content (AvgIpc) is 2.48. The summed E-state index contributed by atoms with van der Waals surface area (Å²) in [6, 6.07) is 17.8. The van der Waals surface area contributed by atoms with Gasteiger partial charge in [0.25, 0.3) is 0 Å². The minimum atomic E-state index is 0.570. The normalized spacial score (nSPS) is 9.95. The number of para-hydroxylation sites is 1. The molecule has 0 spiro atoms. The minimum Gasteiger partial charge on any atom is -0.488 e. The first-order valence-electron chi connectivity index (χ1n) is 6.30. The van der Waals surface area contributed by atoms with Gasteiger partial charge in [0.1, 0.15) is 12.4 Å². The molecule has 1 heteroatoms. The van der Waals surface area contributed by atoms with Crippen LogP contribution in [0.5, 0.6) is 5.75 Å². The zero-order valence-electron chi connectivity index (χ0n) is 11.0. The Balaban J connectivity index is 2.18. The third-order valence-electron chi connectivity index (χ3n) is 2.57. The van der Waals surface area contributed by atoms with Crippen LogP contribution in [0.3, 0.4) is 0 Å². The minimum absolute atomic E-state index is 0.570. The van der Waals surface area contributed by atoms with E-state index in [0.29, 0.717) is 6.61 Å². The van der Waals surface area contributed by atoms with Crippen LogP contribution < -0.4 is 4.74 Å². The van der Waals surface area contributed by atoms with Gasteiger partial charge in [-0.2, -0.15) is 0 Å². The highest BCUT2D eigenvalue weighted by molar-refractivity contribution is 5.49. The molecule has 0 radical (unpaired) electrons. The highest BCUT2D eigenvalue weighted by Crippen LogP contribution is 2.16. The maximum absolute atomic E-state index is 5.68. The topological polar surface area (TPSA) is 9.23 Å². The van der Waals surface area contributed by atoms with Crippen molar-refractivity contribution in [2.24, 2.45) is 0 Å². The largest absolute Gasteiger partial charge is 0.488 e. The van der Waals surface area contributed by atoms with Gasteiger partial charge in [0.15, 0.2) is 0 Å². The summed E-state index contributed by atoms with van der Waals surface area (Å²) in [6.07, 6.45) is 3.94. The fourth-order valence-electron chi connectivity index (χ4n) is 1.59. The van der Waals surface area contributed by atoms with Gasteiger partial charge < -0.3 is 4.74 Å². The van der Waals surface area contributed by atoms with Crippen LogP contribution in [0, 0.1) is 11.8 Å². The Labute approximate surface area is 114 Å². The maximum Gasteiger partial charge on any atom is 0.135 e. The monoisotopic (exact) mass is 248 g/mol. The SMILES string of the molecule is CC=CCOc1ccccc1C#Cc1ccccc1. The summed E-state index contributed by atoms with van der Waals surface area (Å²) < 4.78 is 5.68. The molecule has 2 aromatic rings. The summed E-state index contributed by atoms with van der Waals surface area (Å²) in [5, 5.41) is 0. The quantitative estimate of drug-likeness (QED) is 0.588. The number of hydrogen-bond donors (Lipinski definition) is 0. The lowest BCUT2D eigenvalue weighted by Crippen LogP contribution is -1.95. The van der Waals surface area contributed by atoms with Gasteiger partial charge in [-0.25, -0.2) is 0 Å².